The molecule has 1 fully saturated rings. The average Bonchev–Trinajstić information content (AvgIpc) is 2.82. The Morgan fingerprint density at radius 1 is 0.844 bits per heavy atom. The Morgan fingerprint density at radius 3 is 2.16 bits per heavy atom. The van der Waals surface area contributed by atoms with Gasteiger partial charge < -0.3 is 20.7 Å². The van der Waals surface area contributed by atoms with E-state index in [1.54, 1.807) is 13.2 Å². The zero-order valence-corrected chi connectivity index (χ0v) is 18.3. The van der Waals surface area contributed by atoms with Gasteiger partial charge >= 0.3 is 0 Å². The lowest BCUT2D eigenvalue weighted by atomic mass is 9.96. The molecule has 1 aliphatic rings. The van der Waals surface area contributed by atoms with Gasteiger partial charge in [-0.25, -0.2) is 4.39 Å². The molecule has 3 aromatic rings. The maximum Gasteiger partial charge on any atom is 0.229 e. The summed E-state index contributed by atoms with van der Waals surface area (Å²) >= 11 is 0. The number of rotatable bonds is 9. The van der Waals surface area contributed by atoms with Crippen molar-refractivity contribution in [3.05, 3.63) is 65.5 Å². The van der Waals surface area contributed by atoms with Gasteiger partial charge in [-0.1, -0.05) is 43.5 Å². The van der Waals surface area contributed by atoms with Crippen molar-refractivity contribution in [1.82, 2.24) is 15.0 Å². The Hall–Kier alpha value is -3.42. The maximum absolute atomic E-state index is 13.5. The summed E-state index contributed by atoms with van der Waals surface area (Å²) in [5.74, 6) is 2.03. The number of aromatic nitrogens is 3. The van der Waals surface area contributed by atoms with Crippen LogP contribution >= 0.6 is 0 Å². The summed E-state index contributed by atoms with van der Waals surface area (Å²) in [6.07, 6.45) is 5.95. The number of ether oxygens (including phenoxy) is 1. The molecule has 1 heterocycles. The Balaban J connectivity index is 1.47. The lowest BCUT2D eigenvalue weighted by Crippen LogP contribution is -2.24. The quantitative estimate of drug-likeness (QED) is 0.436. The van der Waals surface area contributed by atoms with Crippen LogP contribution in [0.5, 0.6) is 5.75 Å². The average molecular weight is 437 g/mol. The molecular weight excluding hydrogens is 407 g/mol. The SMILES string of the molecule is COc1ccc(CNc2nc(NCc3cccc(F)c3)nc(NC3CCCCC3)n2)cc1. The van der Waals surface area contributed by atoms with Crippen molar-refractivity contribution in [2.24, 2.45) is 0 Å². The van der Waals surface area contributed by atoms with Crippen LogP contribution in [0.15, 0.2) is 48.5 Å². The molecule has 0 amide bonds. The van der Waals surface area contributed by atoms with Gasteiger partial charge in [-0.05, 0) is 48.2 Å². The largest absolute Gasteiger partial charge is 0.497 e. The molecule has 1 aromatic heterocycles. The predicted octanol–water partition coefficient (Wildman–Crippen LogP) is 4.99. The fraction of sp³-hybridized carbons (Fsp3) is 0.375. The highest BCUT2D eigenvalue weighted by atomic mass is 19.1. The smallest absolute Gasteiger partial charge is 0.229 e. The van der Waals surface area contributed by atoms with Crippen LogP contribution in [0, 0.1) is 5.82 Å². The third-order valence-corrected chi connectivity index (χ3v) is 5.52. The minimum Gasteiger partial charge on any atom is -0.497 e. The molecule has 0 radical (unpaired) electrons. The van der Waals surface area contributed by atoms with Gasteiger partial charge in [0.25, 0.3) is 0 Å². The van der Waals surface area contributed by atoms with E-state index in [0.29, 0.717) is 37.0 Å². The molecule has 0 bridgehead atoms. The number of methoxy groups -OCH3 is 1. The summed E-state index contributed by atoms with van der Waals surface area (Å²) in [6.45, 7) is 0.989. The molecule has 2 aromatic carbocycles. The number of benzene rings is 2. The zero-order chi connectivity index (χ0) is 22.2. The summed E-state index contributed by atoms with van der Waals surface area (Å²) in [6, 6.07) is 14.7. The van der Waals surface area contributed by atoms with E-state index in [1.807, 2.05) is 30.3 Å². The van der Waals surface area contributed by atoms with E-state index in [9.17, 15) is 4.39 Å². The molecule has 0 saturated heterocycles. The van der Waals surface area contributed by atoms with Gasteiger partial charge in [0.05, 0.1) is 7.11 Å². The lowest BCUT2D eigenvalue weighted by molar-refractivity contribution is 0.414. The van der Waals surface area contributed by atoms with Gasteiger partial charge in [0, 0.05) is 19.1 Å². The van der Waals surface area contributed by atoms with E-state index >= 15 is 0 Å². The monoisotopic (exact) mass is 436 g/mol. The second-order valence-electron chi connectivity index (χ2n) is 7.97. The van der Waals surface area contributed by atoms with Crippen molar-refractivity contribution >= 4 is 17.8 Å². The van der Waals surface area contributed by atoms with E-state index in [1.165, 1.54) is 31.4 Å². The van der Waals surface area contributed by atoms with Crippen molar-refractivity contribution < 1.29 is 9.13 Å². The summed E-state index contributed by atoms with van der Waals surface area (Å²) in [5.41, 5.74) is 1.90. The van der Waals surface area contributed by atoms with Gasteiger partial charge in [0.1, 0.15) is 11.6 Å². The zero-order valence-electron chi connectivity index (χ0n) is 18.3. The van der Waals surface area contributed by atoms with Crippen LogP contribution in [-0.4, -0.2) is 28.1 Å². The molecule has 1 saturated carbocycles. The van der Waals surface area contributed by atoms with E-state index in [0.717, 1.165) is 29.7 Å². The van der Waals surface area contributed by atoms with E-state index in [-0.39, 0.29) is 5.82 Å². The van der Waals surface area contributed by atoms with Crippen LogP contribution in [0.3, 0.4) is 0 Å². The minimum absolute atomic E-state index is 0.263. The first-order chi connectivity index (χ1) is 15.7. The third kappa shape index (κ3) is 6.29. The molecule has 0 aliphatic heterocycles. The first-order valence-corrected chi connectivity index (χ1v) is 11.1. The van der Waals surface area contributed by atoms with Crippen LogP contribution in [0.4, 0.5) is 22.2 Å². The van der Waals surface area contributed by atoms with Crippen LogP contribution in [-0.2, 0) is 13.1 Å². The predicted molar refractivity (Wildman–Crippen MR) is 124 cm³/mol. The van der Waals surface area contributed by atoms with Gasteiger partial charge in [0.2, 0.25) is 17.8 Å². The molecule has 0 atom stereocenters. The molecule has 7 nitrogen and oxygen atoms in total. The second kappa shape index (κ2) is 10.7. The van der Waals surface area contributed by atoms with Gasteiger partial charge in [-0.3, -0.25) is 0 Å². The number of nitrogens with zero attached hydrogens (tertiary/aromatic N) is 3. The van der Waals surface area contributed by atoms with Gasteiger partial charge in [-0.15, -0.1) is 0 Å². The van der Waals surface area contributed by atoms with E-state index < -0.39 is 0 Å². The summed E-state index contributed by atoms with van der Waals surface area (Å²) < 4.78 is 18.7. The molecule has 32 heavy (non-hydrogen) atoms. The highest BCUT2D eigenvalue weighted by molar-refractivity contribution is 5.43. The minimum atomic E-state index is -0.263. The third-order valence-electron chi connectivity index (χ3n) is 5.52. The molecule has 0 unspecified atom stereocenters. The normalized spacial score (nSPS) is 14.1. The standard InChI is InChI=1S/C24H29FN6O/c1-32-21-12-10-17(11-13-21)15-26-22-29-23(27-16-18-6-5-7-19(25)14-18)31-24(30-22)28-20-8-3-2-4-9-20/h5-7,10-14,20H,2-4,8-9,15-16H2,1H3,(H3,26,27,28,29,30,31). The maximum atomic E-state index is 13.5. The molecule has 168 valence electrons. The fourth-order valence-electron chi connectivity index (χ4n) is 3.78. The van der Waals surface area contributed by atoms with Crippen molar-refractivity contribution in [3.8, 4) is 5.75 Å². The Kier molecular flexibility index (Phi) is 7.32. The number of halogens is 1. The lowest BCUT2D eigenvalue weighted by Gasteiger charge is -2.23. The molecular formula is C24H29FN6O. The first kappa shape index (κ1) is 21.8. The number of anilines is 3. The van der Waals surface area contributed by atoms with E-state index in [4.69, 9.17) is 4.74 Å². The van der Waals surface area contributed by atoms with Crippen LogP contribution in [0.1, 0.15) is 43.2 Å². The molecule has 1 aliphatic carbocycles. The molecule has 3 N–H and O–H groups in total. The highest BCUT2D eigenvalue weighted by Gasteiger charge is 2.15. The topological polar surface area (TPSA) is 84.0 Å². The number of hydrogen-bond donors (Lipinski definition) is 3. The van der Waals surface area contributed by atoms with E-state index in [2.05, 4.69) is 30.9 Å². The summed E-state index contributed by atoms with van der Waals surface area (Å²) in [4.78, 5) is 13.6. The molecule has 8 heteroatoms. The second-order valence-corrected chi connectivity index (χ2v) is 7.97. The summed E-state index contributed by atoms with van der Waals surface area (Å²) in [5, 5.41) is 9.94. The van der Waals surface area contributed by atoms with Crippen molar-refractivity contribution in [2.75, 3.05) is 23.1 Å². The molecule has 4 rings (SSSR count). The first-order valence-electron chi connectivity index (χ1n) is 11.1. The Bertz CT molecular complexity index is 1010. The molecule has 0 spiro atoms. The summed E-state index contributed by atoms with van der Waals surface area (Å²) in [7, 11) is 1.65. The van der Waals surface area contributed by atoms with Gasteiger partial charge in [0.15, 0.2) is 0 Å². The highest BCUT2D eigenvalue weighted by Crippen LogP contribution is 2.21. The van der Waals surface area contributed by atoms with Crippen molar-refractivity contribution in [1.29, 1.82) is 0 Å². The van der Waals surface area contributed by atoms with Crippen molar-refractivity contribution in [3.63, 3.8) is 0 Å². The number of nitrogens with one attached hydrogen (secondary N) is 3. The number of hydrogen-bond acceptors (Lipinski definition) is 7. The van der Waals surface area contributed by atoms with Crippen LogP contribution < -0.4 is 20.7 Å². The van der Waals surface area contributed by atoms with Gasteiger partial charge in [-0.2, -0.15) is 15.0 Å². The fourth-order valence-corrected chi connectivity index (χ4v) is 3.78. The Morgan fingerprint density at radius 2 is 1.50 bits per heavy atom. The van der Waals surface area contributed by atoms with Crippen molar-refractivity contribution in [2.45, 2.75) is 51.2 Å². The van der Waals surface area contributed by atoms with Crippen LogP contribution in [0.25, 0.3) is 0 Å². The Labute approximate surface area is 187 Å². The van der Waals surface area contributed by atoms with Crippen LogP contribution in [0.2, 0.25) is 0 Å².